The van der Waals surface area contributed by atoms with E-state index < -0.39 is 0 Å². The van der Waals surface area contributed by atoms with Crippen LogP contribution in [-0.2, 0) is 4.74 Å². The minimum Gasteiger partial charge on any atom is -0.474 e. The van der Waals surface area contributed by atoms with Crippen LogP contribution in [0.25, 0.3) is 10.9 Å². The zero-order valence-electron chi connectivity index (χ0n) is 18.4. The molecule has 2 aliphatic rings. The number of benzene rings is 1. The van der Waals surface area contributed by atoms with E-state index in [4.69, 9.17) is 21.1 Å². The predicted molar refractivity (Wildman–Crippen MR) is 132 cm³/mol. The minimum absolute atomic E-state index is 0. The average molecular weight is 476 g/mol. The highest BCUT2D eigenvalue weighted by Gasteiger charge is 2.22. The molecule has 0 saturated carbocycles. The average Bonchev–Trinajstić information content (AvgIpc) is 2.81. The lowest BCUT2D eigenvalue weighted by molar-refractivity contribution is 0.0832. The Morgan fingerprint density at radius 1 is 1.03 bits per heavy atom. The van der Waals surface area contributed by atoms with Crippen LogP contribution in [0, 0.1) is 6.92 Å². The van der Waals surface area contributed by atoms with Gasteiger partial charge in [0.25, 0.3) is 0 Å². The first-order chi connectivity index (χ1) is 15.2. The van der Waals surface area contributed by atoms with Crippen molar-refractivity contribution >= 4 is 34.9 Å². The Morgan fingerprint density at radius 3 is 2.56 bits per heavy atom. The summed E-state index contributed by atoms with van der Waals surface area (Å²) in [6.45, 7) is 5.84. The first kappa shape index (κ1) is 24.7. The number of fused-ring (bicyclic) bond motifs is 1. The molecule has 0 spiro atoms. The first-order valence-electron chi connectivity index (χ1n) is 11.1. The summed E-state index contributed by atoms with van der Waals surface area (Å²) in [6.07, 6.45) is 6.45. The largest absolute Gasteiger partial charge is 0.474 e. The van der Waals surface area contributed by atoms with Gasteiger partial charge in [-0.3, -0.25) is 0 Å². The van der Waals surface area contributed by atoms with Gasteiger partial charge in [-0.15, -0.1) is 12.4 Å². The fourth-order valence-electron chi connectivity index (χ4n) is 4.20. The molecule has 0 amide bonds. The lowest BCUT2D eigenvalue weighted by Gasteiger charge is -2.27. The smallest absolute Gasteiger partial charge is 0.217 e. The van der Waals surface area contributed by atoms with Gasteiger partial charge in [-0.1, -0.05) is 35.9 Å². The molecular weight excluding hydrogens is 445 g/mol. The molecule has 5 nitrogen and oxygen atoms in total. The van der Waals surface area contributed by atoms with E-state index in [1.165, 1.54) is 16.5 Å². The summed E-state index contributed by atoms with van der Waals surface area (Å²) in [5, 5.41) is 5.09. The van der Waals surface area contributed by atoms with E-state index in [2.05, 4.69) is 21.4 Å². The molecule has 2 fully saturated rings. The van der Waals surface area contributed by atoms with Gasteiger partial charge in [0.1, 0.15) is 11.3 Å². The molecule has 1 aromatic carbocycles. The standard InChI is InChI=1S/C15H22N2O2.C10H8ClN.ClH/c1-2-14(12-5-10-18-11-6-12)15(17-7-1)19-13-3-8-16-9-4-13;1-7-6-10(11)12-9-5-3-2-4-8(7)9;/h1-2,7,12-13,16H,3-6,8-11H2;2-6H,1H3;1H. The van der Waals surface area contributed by atoms with Crippen LogP contribution in [0.1, 0.15) is 42.7 Å². The molecule has 0 atom stereocenters. The van der Waals surface area contributed by atoms with Crippen molar-refractivity contribution in [2.45, 2.75) is 44.6 Å². The van der Waals surface area contributed by atoms with Crippen molar-refractivity contribution in [2.75, 3.05) is 26.3 Å². The first-order valence-corrected chi connectivity index (χ1v) is 11.5. The number of hydrogen-bond acceptors (Lipinski definition) is 5. The number of nitrogens with zero attached hydrogens (tertiary/aromatic N) is 2. The monoisotopic (exact) mass is 475 g/mol. The Labute approximate surface area is 201 Å². The van der Waals surface area contributed by atoms with E-state index in [-0.39, 0.29) is 12.4 Å². The molecule has 1 N–H and O–H groups in total. The maximum absolute atomic E-state index is 6.15. The van der Waals surface area contributed by atoms with Crippen LogP contribution < -0.4 is 10.1 Å². The van der Waals surface area contributed by atoms with Crippen molar-refractivity contribution in [3.63, 3.8) is 0 Å². The molecular formula is C25H31Cl2N3O2. The summed E-state index contributed by atoms with van der Waals surface area (Å²) in [5.74, 6) is 1.39. The quantitative estimate of drug-likeness (QED) is 0.490. The summed E-state index contributed by atoms with van der Waals surface area (Å²) in [4.78, 5) is 8.67. The lowest BCUT2D eigenvalue weighted by Crippen LogP contribution is -2.34. The zero-order chi connectivity index (χ0) is 21.5. The number of pyridine rings is 2. The van der Waals surface area contributed by atoms with Crippen molar-refractivity contribution in [2.24, 2.45) is 0 Å². The van der Waals surface area contributed by atoms with E-state index in [1.54, 1.807) is 0 Å². The van der Waals surface area contributed by atoms with Gasteiger partial charge >= 0.3 is 0 Å². The summed E-state index contributed by atoms with van der Waals surface area (Å²) in [7, 11) is 0. The number of rotatable bonds is 3. The van der Waals surface area contributed by atoms with E-state index in [0.29, 0.717) is 17.2 Å². The van der Waals surface area contributed by atoms with Crippen LogP contribution in [0.4, 0.5) is 0 Å². The Kier molecular flexibility index (Phi) is 9.54. The van der Waals surface area contributed by atoms with Crippen LogP contribution in [-0.4, -0.2) is 42.4 Å². The molecule has 2 saturated heterocycles. The van der Waals surface area contributed by atoms with Crippen molar-refractivity contribution in [1.82, 2.24) is 15.3 Å². The van der Waals surface area contributed by atoms with Gasteiger partial charge in [-0.05, 0) is 75.4 Å². The highest BCUT2D eigenvalue weighted by Crippen LogP contribution is 2.33. The van der Waals surface area contributed by atoms with Gasteiger partial charge in [0.15, 0.2) is 0 Å². The number of para-hydroxylation sites is 1. The third kappa shape index (κ3) is 6.55. The minimum atomic E-state index is 0. The van der Waals surface area contributed by atoms with Crippen molar-refractivity contribution in [3.05, 3.63) is 64.9 Å². The topological polar surface area (TPSA) is 56.3 Å². The molecule has 0 radical (unpaired) electrons. The van der Waals surface area contributed by atoms with Gasteiger partial charge in [-0.2, -0.15) is 0 Å². The predicted octanol–water partition coefficient (Wildman–Crippen LogP) is 5.72. The Hall–Kier alpha value is -1.92. The Morgan fingerprint density at radius 2 is 1.78 bits per heavy atom. The van der Waals surface area contributed by atoms with Crippen LogP contribution in [0.15, 0.2) is 48.7 Å². The second kappa shape index (κ2) is 12.4. The highest BCUT2D eigenvalue weighted by atomic mass is 35.5. The molecule has 7 heteroatoms. The van der Waals surface area contributed by atoms with Crippen LogP contribution in [0.3, 0.4) is 0 Å². The Balaban J connectivity index is 0.000000193. The van der Waals surface area contributed by atoms with Crippen LogP contribution in [0.2, 0.25) is 5.15 Å². The number of aromatic nitrogens is 2. The van der Waals surface area contributed by atoms with E-state index in [9.17, 15) is 0 Å². The summed E-state index contributed by atoms with van der Waals surface area (Å²) < 4.78 is 11.6. The van der Waals surface area contributed by atoms with Gasteiger partial charge < -0.3 is 14.8 Å². The van der Waals surface area contributed by atoms with Crippen molar-refractivity contribution in [3.8, 4) is 5.88 Å². The number of piperidine rings is 1. The summed E-state index contributed by atoms with van der Waals surface area (Å²) >= 11 is 5.81. The highest BCUT2D eigenvalue weighted by molar-refractivity contribution is 6.29. The van der Waals surface area contributed by atoms with Gasteiger partial charge in [-0.25, -0.2) is 9.97 Å². The summed E-state index contributed by atoms with van der Waals surface area (Å²) in [5.41, 5.74) is 3.40. The third-order valence-corrected chi connectivity index (χ3v) is 6.11. The molecule has 32 heavy (non-hydrogen) atoms. The summed E-state index contributed by atoms with van der Waals surface area (Å²) in [6, 6.07) is 14.0. The van der Waals surface area contributed by atoms with Gasteiger partial charge in [0, 0.05) is 30.4 Å². The van der Waals surface area contributed by atoms with Crippen LogP contribution >= 0.6 is 24.0 Å². The molecule has 4 heterocycles. The maximum atomic E-state index is 6.15. The molecule has 0 unspecified atom stereocenters. The normalized spacial score (nSPS) is 17.2. The number of ether oxygens (including phenoxy) is 2. The molecule has 0 bridgehead atoms. The zero-order valence-corrected chi connectivity index (χ0v) is 20.0. The van der Waals surface area contributed by atoms with Gasteiger partial charge in [0.05, 0.1) is 5.52 Å². The fraction of sp³-hybridized carbons (Fsp3) is 0.440. The van der Waals surface area contributed by atoms with Crippen molar-refractivity contribution < 1.29 is 9.47 Å². The number of hydrogen-bond donors (Lipinski definition) is 1. The molecule has 172 valence electrons. The fourth-order valence-corrected chi connectivity index (χ4v) is 4.46. The maximum Gasteiger partial charge on any atom is 0.217 e. The molecule has 2 aliphatic heterocycles. The van der Waals surface area contributed by atoms with E-state index in [1.807, 2.05) is 49.5 Å². The van der Waals surface area contributed by atoms with E-state index >= 15 is 0 Å². The second-order valence-corrected chi connectivity index (χ2v) is 8.52. The number of halogens is 2. The van der Waals surface area contributed by atoms with Gasteiger partial charge in [0.2, 0.25) is 5.88 Å². The number of nitrogens with one attached hydrogen (secondary N) is 1. The molecule has 0 aliphatic carbocycles. The second-order valence-electron chi connectivity index (χ2n) is 8.13. The third-order valence-electron chi connectivity index (χ3n) is 5.92. The van der Waals surface area contributed by atoms with Crippen molar-refractivity contribution in [1.29, 1.82) is 0 Å². The molecule has 5 rings (SSSR count). The Bertz CT molecular complexity index is 990. The lowest BCUT2D eigenvalue weighted by atomic mass is 9.92. The van der Waals surface area contributed by atoms with Crippen LogP contribution in [0.5, 0.6) is 5.88 Å². The SMILES string of the molecule is Cc1cc(Cl)nc2ccccc12.Cl.c1cnc(OC2CCNCC2)c(C2CCOCC2)c1. The van der Waals surface area contributed by atoms with E-state index in [0.717, 1.165) is 63.4 Å². The molecule has 3 aromatic rings. The number of aryl methyl sites for hydroxylation is 1. The molecule has 2 aromatic heterocycles.